The van der Waals surface area contributed by atoms with E-state index in [1.165, 1.54) is 50.7 Å². The molecule has 0 atom stereocenters. The fourth-order valence-corrected chi connectivity index (χ4v) is 3.74. The van der Waals surface area contributed by atoms with Crippen molar-refractivity contribution in [2.45, 2.75) is 32.7 Å². The largest absolute Gasteiger partial charge is 0.435 e. The molecule has 0 spiro atoms. The molecule has 3 heterocycles. The molecule has 4 rings (SSSR count). The highest BCUT2D eigenvalue weighted by Crippen LogP contribution is 2.36. The van der Waals surface area contributed by atoms with Gasteiger partial charge in [-0.3, -0.25) is 24.2 Å². The van der Waals surface area contributed by atoms with E-state index in [2.05, 4.69) is 10.4 Å². The summed E-state index contributed by atoms with van der Waals surface area (Å²) in [5.74, 6) is -0.508. The van der Waals surface area contributed by atoms with Crippen molar-refractivity contribution in [2.24, 2.45) is 7.05 Å². The fourth-order valence-electron chi connectivity index (χ4n) is 3.74. The van der Waals surface area contributed by atoms with E-state index >= 15 is 0 Å². The standard InChI is InChI=1S/C24H23F3N6O3/c1-3-33-14-19(21(30-33)24(25,26)27)17-8-16(13-32-6-7-36-23(32)28)9-18(10-17)22(35)29-11-15-4-5-20(34)31(2)12-15/h4-10,12,14,28H,3,11,13H2,1-2H3,(H,29,35). The molecule has 0 aliphatic heterocycles. The third-order valence-corrected chi connectivity index (χ3v) is 5.55. The number of aromatic nitrogens is 4. The minimum absolute atomic E-state index is 0.105. The number of oxazole rings is 1. The van der Waals surface area contributed by atoms with Crippen molar-refractivity contribution in [3.63, 3.8) is 0 Å². The smallest absolute Gasteiger partial charge is 0.432 e. The number of aryl methyl sites for hydroxylation is 2. The Balaban J connectivity index is 1.73. The summed E-state index contributed by atoms with van der Waals surface area (Å²) < 4.78 is 50.3. The van der Waals surface area contributed by atoms with Crippen molar-refractivity contribution in [3.05, 3.63) is 93.6 Å². The van der Waals surface area contributed by atoms with Gasteiger partial charge < -0.3 is 14.3 Å². The maximum absolute atomic E-state index is 13.8. The van der Waals surface area contributed by atoms with Crippen LogP contribution in [0.1, 0.15) is 34.1 Å². The lowest BCUT2D eigenvalue weighted by molar-refractivity contribution is -0.141. The monoisotopic (exact) mass is 500 g/mol. The summed E-state index contributed by atoms with van der Waals surface area (Å²) in [5, 5.41) is 14.2. The first kappa shape index (κ1) is 24.8. The third kappa shape index (κ3) is 5.32. The van der Waals surface area contributed by atoms with Crippen LogP contribution in [-0.2, 0) is 32.9 Å². The average Bonchev–Trinajstić information content (AvgIpc) is 3.46. The van der Waals surface area contributed by atoms with Gasteiger partial charge in [0.2, 0.25) is 5.56 Å². The molecule has 4 aromatic rings. The molecule has 0 saturated heterocycles. The summed E-state index contributed by atoms with van der Waals surface area (Å²) in [6.45, 7) is 2.13. The van der Waals surface area contributed by atoms with Crippen LogP contribution in [0, 0.1) is 5.41 Å². The molecule has 0 unspecified atom stereocenters. The lowest BCUT2D eigenvalue weighted by Crippen LogP contribution is -2.24. The molecule has 0 fully saturated rings. The van der Waals surface area contributed by atoms with Gasteiger partial charge in [-0.05, 0) is 41.8 Å². The zero-order valence-corrected chi connectivity index (χ0v) is 19.5. The molecule has 36 heavy (non-hydrogen) atoms. The second-order valence-electron chi connectivity index (χ2n) is 8.17. The first-order valence-corrected chi connectivity index (χ1v) is 11.0. The van der Waals surface area contributed by atoms with Crippen LogP contribution in [0.3, 0.4) is 0 Å². The molecule has 9 nitrogen and oxygen atoms in total. The van der Waals surface area contributed by atoms with E-state index in [0.29, 0.717) is 11.1 Å². The van der Waals surface area contributed by atoms with E-state index in [0.717, 1.165) is 0 Å². The first-order valence-electron chi connectivity index (χ1n) is 11.0. The number of hydrogen-bond acceptors (Lipinski definition) is 5. The average molecular weight is 500 g/mol. The Morgan fingerprint density at radius 2 is 1.94 bits per heavy atom. The lowest BCUT2D eigenvalue weighted by Gasteiger charge is -2.12. The van der Waals surface area contributed by atoms with Crippen molar-refractivity contribution in [2.75, 3.05) is 0 Å². The molecular weight excluding hydrogens is 477 g/mol. The van der Waals surface area contributed by atoms with Crippen molar-refractivity contribution in [1.29, 1.82) is 5.41 Å². The van der Waals surface area contributed by atoms with E-state index in [-0.39, 0.29) is 47.6 Å². The van der Waals surface area contributed by atoms with Gasteiger partial charge in [-0.1, -0.05) is 6.07 Å². The number of rotatable bonds is 7. The summed E-state index contributed by atoms with van der Waals surface area (Å²) in [5.41, 5.74) is -0.0494. The number of amides is 1. The SMILES string of the molecule is CCn1cc(-c2cc(Cn3ccoc3=N)cc(C(=O)NCc3ccc(=O)n(C)c3)c2)c(C(F)(F)F)n1. The molecule has 0 saturated carbocycles. The van der Waals surface area contributed by atoms with Crippen LogP contribution in [0.25, 0.3) is 11.1 Å². The number of benzene rings is 1. The highest BCUT2D eigenvalue weighted by Gasteiger charge is 2.37. The number of hydrogen-bond donors (Lipinski definition) is 2. The van der Waals surface area contributed by atoms with E-state index in [1.54, 1.807) is 32.3 Å². The van der Waals surface area contributed by atoms with Gasteiger partial charge in [-0.25, -0.2) is 0 Å². The Morgan fingerprint density at radius 3 is 2.58 bits per heavy atom. The maximum atomic E-state index is 13.8. The minimum Gasteiger partial charge on any atom is -0.432 e. The Hall–Kier alpha value is -4.35. The van der Waals surface area contributed by atoms with Gasteiger partial charge in [0, 0.05) is 55.9 Å². The van der Waals surface area contributed by atoms with Gasteiger partial charge in [0.05, 0.1) is 6.54 Å². The molecule has 0 radical (unpaired) electrons. The van der Waals surface area contributed by atoms with Crippen LogP contribution in [0.15, 0.2) is 64.4 Å². The van der Waals surface area contributed by atoms with Gasteiger partial charge >= 0.3 is 6.18 Å². The topological polar surface area (TPSA) is 111 Å². The molecule has 12 heteroatoms. The third-order valence-electron chi connectivity index (χ3n) is 5.55. The number of nitrogens with one attached hydrogen (secondary N) is 2. The summed E-state index contributed by atoms with van der Waals surface area (Å²) in [6, 6.07) is 7.44. The minimum atomic E-state index is -4.69. The van der Waals surface area contributed by atoms with E-state index in [4.69, 9.17) is 9.83 Å². The maximum Gasteiger partial charge on any atom is 0.435 e. The Labute approximate surface area is 202 Å². The molecule has 188 valence electrons. The van der Waals surface area contributed by atoms with E-state index in [9.17, 15) is 22.8 Å². The quantitative estimate of drug-likeness (QED) is 0.406. The zero-order chi connectivity index (χ0) is 26.0. The number of nitrogens with zero attached hydrogens (tertiary/aromatic N) is 4. The normalized spacial score (nSPS) is 11.6. The van der Waals surface area contributed by atoms with Gasteiger partial charge in [-0.15, -0.1) is 0 Å². The van der Waals surface area contributed by atoms with Gasteiger partial charge in [0.1, 0.15) is 6.26 Å². The number of carbonyl (C=O) groups is 1. The van der Waals surface area contributed by atoms with Gasteiger partial charge in [-0.2, -0.15) is 18.3 Å². The van der Waals surface area contributed by atoms with Crippen molar-refractivity contribution >= 4 is 5.91 Å². The lowest BCUT2D eigenvalue weighted by atomic mass is 9.99. The van der Waals surface area contributed by atoms with E-state index < -0.39 is 17.8 Å². The first-order chi connectivity index (χ1) is 17.0. The highest BCUT2D eigenvalue weighted by molar-refractivity contribution is 5.95. The predicted octanol–water partition coefficient (Wildman–Crippen LogP) is 3.14. The second-order valence-corrected chi connectivity index (χ2v) is 8.17. The summed E-state index contributed by atoms with van der Waals surface area (Å²) in [7, 11) is 1.59. The van der Waals surface area contributed by atoms with Gasteiger partial charge in [0.15, 0.2) is 5.69 Å². The molecule has 1 amide bonds. The van der Waals surface area contributed by atoms with Crippen molar-refractivity contribution < 1.29 is 22.4 Å². The Bertz CT molecular complexity index is 1530. The molecule has 0 aliphatic carbocycles. The van der Waals surface area contributed by atoms with Crippen LogP contribution in [0.4, 0.5) is 13.2 Å². The van der Waals surface area contributed by atoms with Crippen LogP contribution in [0.2, 0.25) is 0 Å². The fraction of sp³-hybridized carbons (Fsp3) is 0.250. The molecule has 0 aliphatic rings. The molecular formula is C24H23F3N6O3. The Morgan fingerprint density at radius 1 is 1.17 bits per heavy atom. The van der Waals surface area contributed by atoms with Crippen LogP contribution < -0.4 is 16.6 Å². The van der Waals surface area contributed by atoms with Gasteiger partial charge in [0.25, 0.3) is 11.6 Å². The Kier molecular flexibility index (Phi) is 6.69. The van der Waals surface area contributed by atoms with Crippen LogP contribution >= 0.6 is 0 Å². The molecule has 3 aromatic heterocycles. The van der Waals surface area contributed by atoms with E-state index in [1.807, 2.05) is 0 Å². The highest BCUT2D eigenvalue weighted by atomic mass is 19.4. The molecule has 1 aromatic carbocycles. The number of alkyl halides is 3. The number of pyridine rings is 1. The molecule has 2 N–H and O–H groups in total. The number of carbonyl (C=O) groups excluding carboxylic acids is 1. The zero-order valence-electron chi connectivity index (χ0n) is 19.5. The van der Waals surface area contributed by atoms with Crippen LogP contribution in [-0.4, -0.2) is 24.8 Å². The predicted molar refractivity (Wildman–Crippen MR) is 123 cm³/mol. The number of halogens is 3. The summed E-state index contributed by atoms with van der Waals surface area (Å²) in [6.07, 6.45) is 1.04. The summed E-state index contributed by atoms with van der Waals surface area (Å²) in [4.78, 5) is 24.6. The second kappa shape index (κ2) is 9.72. The van der Waals surface area contributed by atoms with Crippen molar-refractivity contribution in [1.82, 2.24) is 24.2 Å². The van der Waals surface area contributed by atoms with Crippen molar-refractivity contribution in [3.8, 4) is 11.1 Å². The summed E-state index contributed by atoms with van der Waals surface area (Å²) >= 11 is 0. The molecule has 0 bridgehead atoms. The van der Waals surface area contributed by atoms with Crippen LogP contribution in [0.5, 0.6) is 0 Å².